The number of aliphatic hydroxyl groups is 1. The molecule has 3 aromatic rings. The molecule has 57 heavy (non-hydrogen) atoms. The summed E-state index contributed by atoms with van der Waals surface area (Å²) in [5.74, 6) is -2.32. The van der Waals surface area contributed by atoms with Gasteiger partial charge >= 0.3 is 35.0 Å². The minimum absolute atomic E-state index is 0. The van der Waals surface area contributed by atoms with Crippen molar-refractivity contribution >= 4 is 76.9 Å². The van der Waals surface area contributed by atoms with Crippen molar-refractivity contribution in [1.82, 2.24) is 15.0 Å². The van der Waals surface area contributed by atoms with Crippen LogP contribution in [-0.2, 0) is 25.5 Å². The topological polar surface area (TPSA) is 146 Å². The van der Waals surface area contributed by atoms with E-state index in [1.54, 1.807) is 6.08 Å². The molecule has 0 saturated carbocycles. The number of fused-ring (bicyclic) bond motifs is 8. The second-order valence-corrected chi connectivity index (χ2v) is 15.6. The molecule has 0 spiro atoms. The number of ether oxygens (including phenoxy) is 2. The second kappa shape index (κ2) is 18.4. The number of nitrogens with zero attached hydrogens (tertiary/aromatic N) is 4. The number of carbonyl (C=O) groups is 3. The number of Topliss-reactive ketones (excluding diaryl/α,β-unsaturated/α-hetero) is 1. The Morgan fingerprint density at radius 1 is 1.02 bits per heavy atom. The van der Waals surface area contributed by atoms with Crippen molar-refractivity contribution in [3.05, 3.63) is 95.4 Å². The van der Waals surface area contributed by atoms with E-state index in [0.717, 1.165) is 41.5 Å². The fraction of sp³-hybridized carbons (Fsp3) is 0.457. The number of hydrogen-bond donors (Lipinski definition) is 1. The van der Waals surface area contributed by atoms with E-state index in [1.165, 1.54) is 25.5 Å². The van der Waals surface area contributed by atoms with E-state index >= 15 is 0 Å². The van der Waals surface area contributed by atoms with E-state index in [4.69, 9.17) is 29.7 Å². The monoisotopic (exact) mass is 782 g/mol. The molecule has 1 saturated heterocycles. The summed E-state index contributed by atoms with van der Waals surface area (Å²) in [5.41, 5.74) is 7.94. The molecule has 0 radical (unpaired) electrons. The molecule has 1 N–H and O–H groups in total. The van der Waals surface area contributed by atoms with Crippen LogP contribution in [0, 0.1) is 37.5 Å². The summed E-state index contributed by atoms with van der Waals surface area (Å²) in [6, 6.07) is -0.647. The Labute approximate surface area is 351 Å². The van der Waals surface area contributed by atoms with Crippen LogP contribution in [0.5, 0.6) is 0 Å². The summed E-state index contributed by atoms with van der Waals surface area (Å²) < 4.78 is 10.9. The predicted octanol–water partition coefficient (Wildman–Crippen LogP) is 4.94. The maximum absolute atomic E-state index is 14.3. The average molecular weight is 783 g/mol. The molecule has 3 aromatic heterocycles. The third-order valence-corrected chi connectivity index (χ3v) is 12.2. The van der Waals surface area contributed by atoms with Crippen molar-refractivity contribution < 1.29 is 29.0 Å². The largest absolute Gasteiger partial charge is 2.00 e. The van der Waals surface area contributed by atoms with Crippen molar-refractivity contribution in [1.29, 1.82) is 0 Å². The van der Waals surface area contributed by atoms with Crippen molar-refractivity contribution in [2.45, 2.75) is 99.5 Å². The fourth-order valence-corrected chi connectivity index (χ4v) is 8.52. The molecule has 10 nitrogen and oxygen atoms in total. The molecule has 3 aliphatic rings. The smallest absolute Gasteiger partial charge is 0.681 e. The van der Waals surface area contributed by atoms with Gasteiger partial charge in [0.1, 0.15) is 12.5 Å². The number of aliphatic hydroxyl groups excluding tert-OH is 1. The summed E-state index contributed by atoms with van der Waals surface area (Å²) >= 11 is 0. The van der Waals surface area contributed by atoms with Crippen molar-refractivity contribution in [3.8, 4) is 0 Å². The van der Waals surface area contributed by atoms with Crippen LogP contribution in [0.1, 0.15) is 123 Å². The molecule has 2 aliphatic heterocycles. The predicted molar refractivity (Wildman–Crippen MR) is 225 cm³/mol. The molecule has 0 aromatic carbocycles. The van der Waals surface area contributed by atoms with Crippen LogP contribution in [0.25, 0.3) is 41.5 Å². The van der Waals surface area contributed by atoms with Crippen molar-refractivity contribution in [3.63, 3.8) is 0 Å². The first-order valence-corrected chi connectivity index (χ1v) is 19.9. The maximum Gasteiger partial charge on any atom is 2.00 e. The van der Waals surface area contributed by atoms with Gasteiger partial charge in [-0.1, -0.05) is 105 Å². The van der Waals surface area contributed by atoms with Crippen LogP contribution in [0.15, 0.2) is 23.9 Å². The van der Waals surface area contributed by atoms with Gasteiger partial charge in [0, 0.05) is 12.0 Å². The summed E-state index contributed by atoms with van der Waals surface area (Å²) in [6.45, 7) is 18.7. The van der Waals surface area contributed by atoms with Gasteiger partial charge in [-0.3, -0.25) is 14.4 Å². The number of allylic oxidation sites excluding steroid dienone is 2. The van der Waals surface area contributed by atoms with Crippen molar-refractivity contribution in [2.75, 3.05) is 13.7 Å². The van der Waals surface area contributed by atoms with E-state index < -0.39 is 17.9 Å². The number of rotatable bonds is 13. The third-order valence-electron chi connectivity index (χ3n) is 12.2. The Hall–Kier alpha value is -4.48. The quantitative estimate of drug-likeness (QED) is 0.110. The Balaban J connectivity index is 0.00000620. The van der Waals surface area contributed by atoms with E-state index in [2.05, 4.69) is 34.3 Å². The Bertz CT molecular complexity index is 2370. The first-order chi connectivity index (χ1) is 26.9. The fourth-order valence-electron chi connectivity index (χ4n) is 8.52. The zero-order valence-electron chi connectivity index (χ0n) is 34.7. The molecule has 1 fully saturated rings. The molecule has 298 valence electrons. The standard InChI is InChI=1S/C46H54N4O6.Mg/c1-10-24(4)14-13-15-25(5)18-19-56-39(52)17-16-31-27(7)34-20-33-26(6)29(11-2)36(47-33)22-38-32(23-51)30(12-3)37(48-38)21-35-28(8)40-44(50-35)41(43(31)49-34)42(45(40)53)46(54)55-9;/h11,18,20-24,27,31,42-43H,2,10,12-17,19H2,1,3-9H3,(H,51,53);/q-4;+2/b25-18-,34-20-,38-22-;/t24-,27+,31+,42-,43?;/m1./s1. The van der Waals surface area contributed by atoms with Gasteiger partial charge in [0.25, 0.3) is 0 Å². The number of ketones is 1. The molecule has 5 atom stereocenters. The van der Waals surface area contributed by atoms with Crippen LogP contribution in [0.4, 0.5) is 0 Å². The molecule has 5 heterocycles. The molecule has 1 unspecified atom stereocenters. The Morgan fingerprint density at radius 2 is 1.75 bits per heavy atom. The Kier molecular flexibility index (Phi) is 14.1. The summed E-state index contributed by atoms with van der Waals surface area (Å²) in [4.78, 5) is 56.0. The minimum atomic E-state index is -1.22. The third kappa shape index (κ3) is 8.41. The molecular weight excluding hydrogens is 729 g/mol. The molecule has 1 aliphatic carbocycles. The van der Waals surface area contributed by atoms with Gasteiger partial charge in [0.05, 0.1) is 13.4 Å². The maximum atomic E-state index is 14.3. The zero-order valence-corrected chi connectivity index (χ0v) is 36.1. The zero-order chi connectivity index (χ0) is 40.4. The number of hydrogen-bond acceptors (Lipinski definition) is 6. The Morgan fingerprint density at radius 3 is 2.42 bits per heavy atom. The second-order valence-electron chi connectivity index (χ2n) is 15.6. The van der Waals surface area contributed by atoms with Gasteiger partial charge < -0.3 is 34.8 Å². The van der Waals surface area contributed by atoms with Gasteiger partial charge in [-0.25, -0.2) is 0 Å². The van der Waals surface area contributed by atoms with Gasteiger partial charge in [-0.15, -0.1) is 33.1 Å². The van der Waals surface area contributed by atoms with E-state index in [0.29, 0.717) is 73.8 Å². The SMILES string of the molecule is C=Cc1c2[n-]c(c1C)/C=C1\[N-]C(C3=c4[n-]/c(c(C)c4C(=O)[C@@H]3C(=O)OC)=C\c3[n-]c(/c(=C\O)c3CC)=C\2)[C@@H](CCC(=O)OC/C=C(/C)CCC[C@H](C)CC)[C@@H]1C.[Mg+2]. The first kappa shape index (κ1) is 43.6. The number of aromatic nitrogens is 3. The van der Waals surface area contributed by atoms with E-state index in [-0.39, 0.29) is 59.7 Å². The summed E-state index contributed by atoms with van der Waals surface area (Å²) in [7, 11) is 1.28. The van der Waals surface area contributed by atoms with E-state index in [1.807, 2.05) is 45.1 Å². The van der Waals surface area contributed by atoms with E-state index in [9.17, 15) is 19.5 Å². The molecule has 8 bridgehead atoms. The van der Waals surface area contributed by atoms with Crippen LogP contribution in [-0.4, -0.2) is 65.6 Å². The normalized spacial score (nSPS) is 22.7. The first-order valence-electron chi connectivity index (χ1n) is 19.9. The van der Waals surface area contributed by atoms with Crippen molar-refractivity contribution in [2.24, 2.45) is 23.7 Å². The molecule has 6 rings (SSSR count). The molecular formula is C46H54MgN4O6-2. The van der Waals surface area contributed by atoms with Gasteiger partial charge in [-0.05, 0) is 81.1 Å². The summed E-state index contributed by atoms with van der Waals surface area (Å²) in [5, 5.41) is 17.8. The number of esters is 2. The van der Waals surface area contributed by atoms with Crippen LogP contribution in [0.2, 0.25) is 0 Å². The van der Waals surface area contributed by atoms with Crippen LogP contribution >= 0.6 is 0 Å². The molecule has 11 heteroatoms. The van der Waals surface area contributed by atoms with Crippen LogP contribution in [0.3, 0.4) is 0 Å². The van der Waals surface area contributed by atoms with Gasteiger partial charge in [-0.2, -0.15) is 5.70 Å². The molecule has 0 amide bonds. The number of carbonyl (C=O) groups excluding carboxylic acids is 3. The average Bonchev–Trinajstić information content (AvgIpc) is 3.93. The summed E-state index contributed by atoms with van der Waals surface area (Å²) in [6.07, 6.45) is 16.0. The minimum Gasteiger partial charge on any atom is -0.681 e. The van der Waals surface area contributed by atoms with Crippen LogP contribution < -0.4 is 36.2 Å². The van der Waals surface area contributed by atoms with Gasteiger partial charge in [0.2, 0.25) is 0 Å². The number of methoxy groups -OCH3 is 1. The van der Waals surface area contributed by atoms with Gasteiger partial charge in [0.15, 0.2) is 5.78 Å².